The fourth-order valence-electron chi connectivity index (χ4n) is 0.604. The molecule has 0 rings (SSSR count). The Morgan fingerprint density at radius 1 is 0.625 bits per heavy atom. The maximum Gasteiger partial charge on any atom is -0.0550 e. The Labute approximate surface area is 132 Å². The van der Waals surface area contributed by atoms with Crippen LogP contribution >= 0.6 is 37.7 Å². The molecule has 0 amide bonds. The molecule has 0 aromatic rings. The number of hydrogen-bond acceptors (Lipinski definition) is 0. The van der Waals surface area contributed by atoms with E-state index in [-0.39, 0.29) is 12.3 Å². The van der Waals surface area contributed by atoms with Gasteiger partial charge in [0.05, 0.1) is 0 Å². The molecule has 0 aliphatic carbocycles. The molecule has 0 saturated heterocycles. The topological polar surface area (TPSA) is 115 Å². The van der Waals surface area contributed by atoms with Crippen molar-refractivity contribution in [3.05, 3.63) is 23.8 Å². The summed E-state index contributed by atoms with van der Waals surface area (Å²) < 4.78 is 0. The van der Waals surface area contributed by atoms with Crippen LogP contribution < -0.4 is 0 Å². The maximum atomic E-state index is 6.79. The van der Waals surface area contributed by atoms with E-state index in [1.807, 2.05) is 0 Å². The molecule has 0 fully saturated rings. The van der Waals surface area contributed by atoms with E-state index in [1.54, 1.807) is 0 Å². The van der Waals surface area contributed by atoms with Crippen molar-refractivity contribution in [1.29, 1.82) is 0 Å². The fraction of sp³-hybridized carbons (Fsp3) is 1.00. The van der Waals surface area contributed by atoms with E-state index in [9.17, 15) is 0 Å². The van der Waals surface area contributed by atoms with Crippen molar-refractivity contribution in [2.24, 2.45) is 0 Å². The molecule has 0 aliphatic rings. The van der Waals surface area contributed by atoms with Crippen LogP contribution in [-0.4, -0.2) is 13.1 Å². The average molecular weight is 678 g/mol. The molecule has 0 heterocycles. The van der Waals surface area contributed by atoms with Crippen molar-refractivity contribution >= 4 is 37.7 Å². The summed E-state index contributed by atoms with van der Waals surface area (Å²) in [5, 5.41) is 0. The smallest absolute Gasteiger partial charge is 0.0550 e. The van der Waals surface area contributed by atoms with E-state index in [2.05, 4.69) is 0 Å². The van der Waals surface area contributed by atoms with Gasteiger partial charge in [-0.15, -0.1) is 0 Å². The van der Waals surface area contributed by atoms with Gasteiger partial charge in [0.2, 0.25) is 0 Å². The van der Waals surface area contributed by atoms with Crippen LogP contribution in [0.5, 0.6) is 0 Å². The molecule has 110 valence electrons. The van der Waals surface area contributed by atoms with Crippen LogP contribution in [0.2, 0.25) is 0 Å². The zero-order valence-corrected chi connectivity index (χ0v) is 16.1. The van der Waals surface area contributed by atoms with Crippen LogP contribution in [0.3, 0.4) is 0 Å². The maximum absolute atomic E-state index is 6.79. The van der Waals surface area contributed by atoms with E-state index in [1.165, 1.54) is 0 Å². The molecule has 6 N–H and O–H groups in total. The van der Waals surface area contributed by atoms with E-state index in [0.29, 0.717) is 13.1 Å². The number of halogens is 4. The Morgan fingerprint density at radius 3 is 0.938 bits per heavy atom. The van der Waals surface area contributed by atoms with Gasteiger partial charge in [-0.05, 0) is 0 Å². The molecule has 0 aromatic carbocycles. The number of hydrogen-bond donors (Lipinski definition) is 0. The van der Waals surface area contributed by atoms with Crippen LogP contribution in [0.4, 0.5) is 0 Å². The first-order valence-electron chi connectivity index (χ1n) is 3.69. The van der Waals surface area contributed by atoms with Crippen molar-refractivity contribution in [2.75, 3.05) is 13.1 Å². The Kier molecular flexibility index (Phi) is 83.9. The summed E-state index contributed by atoms with van der Waals surface area (Å²) in [6.07, 6.45) is 4.31. The standard InChI is InChI=1S/C6H14N2.4ClH.2H2N.2Pt/c7-5-3-1-2-4-6-8;;;;;;;;/h7-8H,1-6H2;4*1H;2*1H2;;/q-2;;;;;2*-1;2*+4/p-4. The Bertz CT molecular complexity index is 70.5. The summed E-state index contributed by atoms with van der Waals surface area (Å²) >= 11 is -0.944. The van der Waals surface area contributed by atoms with Gasteiger partial charge in [0.1, 0.15) is 0 Å². The molecular formula is C6H18Cl4N4Pt2. The van der Waals surface area contributed by atoms with Crippen molar-refractivity contribution in [1.82, 2.24) is 0 Å². The summed E-state index contributed by atoms with van der Waals surface area (Å²) in [5.41, 5.74) is 13.6. The van der Waals surface area contributed by atoms with Gasteiger partial charge in [-0.25, -0.2) is 0 Å². The van der Waals surface area contributed by atoms with Crippen LogP contribution in [0.15, 0.2) is 0 Å². The summed E-state index contributed by atoms with van der Waals surface area (Å²) in [4.78, 5) is 0. The van der Waals surface area contributed by atoms with Gasteiger partial charge < -0.3 is 23.8 Å². The predicted molar refractivity (Wildman–Crippen MR) is 70.8 cm³/mol. The van der Waals surface area contributed by atoms with Gasteiger partial charge in [0.15, 0.2) is 0 Å². The van der Waals surface area contributed by atoms with E-state index >= 15 is 0 Å². The number of nitrogens with one attached hydrogen (secondary N) is 2. The molecule has 0 aromatic heterocycles. The molecule has 16 heavy (non-hydrogen) atoms. The van der Waals surface area contributed by atoms with Crippen molar-refractivity contribution in [3.8, 4) is 0 Å². The first-order valence-corrected chi connectivity index (χ1v) is 14.9. The molecule has 10 heteroatoms. The number of nitrogens with two attached hydrogens (primary N) is 2. The van der Waals surface area contributed by atoms with E-state index < -0.39 is 33.0 Å². The minimum atomic E-state index is -0.472. The summed E-state index contributed by atoms with van der Waals surface area (Å²) in [7, 11) is 19.5. The van der Waals surface area contributed by atoms with Gasteiger partial charge in [0, 0.05) is 0 Å². The molecule has 0 bridgehead atoms. The first kappa shape index (κ1) is 31.0. The van der Waals surface area contributed by atoms with Gasteiger partial charge in [-0.1, -0.05) is 25.7 Å². The molecular weight excluding hydrogens is 660 g/mol. The monoisotopic (exact) mass is 676 g/mol. The Morgan fingerprint density at radius 2 is 0.812 bits per heavy atom. The molecule has 0 radical (unpaired) electrons. The van der Waals surface area contributed by atoms with Crippen molar-refractivity contribution in [2.45, 2.75) is 25.7 Å². The molecule has 0 aliphatic heterocycles. The second-order valence-electron chi connectivity index (χ2n) is 2.00. The second kappa shape index (κ2) is 43.3. The van der Waals surface area contributed by atoms with E-state index in [0.717, 1.165) is 25.7 Å². The minimum Gasteiger partial charge on any atom is -0.693 e. The zero-order valence-electron chi connectivity index (χ0n) is 8.54. The normalized spacial score (nSPS) is 7.62. The Balaban J connectivity index is -0.0000000434. The first-order chi connectivity index (χ1) is 6.74. The van der Waals surface area contributed by atoms with Crippen LogP contribution in [0.1, 0.15) is 25.7 Å². The second-order valence-corrected chi connectivity index (χ2v) is 8.57. The molecule has 0 unspecified atom stereocenters. The third-order valence-electron chi connectivity index (χ3n) is 1.10. The van der Waals surface area contributed by atoms with Crippen LogP contribution in [0, 0.1) is 0 Å². The zero-order chi connectivity index (χ0) is 11.7. The van der Waals surface area contributed by atoms with Crippen LogP contribution in [-0.2, 0) is 33.0 Å². The van der Waals surface area contributed by atoms with Gasteiger partial charge >= 0.3 is 70.6 Å². The fourth-order valence-corrected chi connectivity index (χ4v) is 0.604. The molecule has 4 nitrogen and oxygen atoms in total. The summed E-state index contributed by atoms with van der Waals surface area (Å²) in [5.74, 6) is 0. The Hall–Kier alpha value is 2.38. The average Bonchev–Trinajstić information content (AvgIpc) is 2.15. The molecule has 0 spiro atoms. The molecule has 0 saturated carbocycles. The van der Waals surface area contributed by atoms with E-state index in [4.69, 9.17) is 49.1 Å². The van der Waals surface area contributed by atoms with Crippen molar-refractivity contribution < 1.29 is 33.0 Å². The number of unbranched alkanes of at least 4 members (excludes halogenated alkanes) is 3. The van der Waals surface area contributed by atoms with Gasteiger partial charge in [0.25, 0.3) is 0 Å². The third kappa shape index (κ3) is 71.2. The number of rotatable bonds is 5. The van der Waals surface area contributed by atoms with Gasteiger partial charge in [-0.2, -0.15) is 13.1 Å². The minimum absolute atomic E-state index is 0. The summed E-state index contributed by atoms with van der Waals surface area (Å²) in [6.45, 7) is 1.11. The molecule has 0 atom stereocenters. The SMILES string of the molecule is [Cl][Pt+2][Cl].[Cl][Pt+2][Cl].[NH-]CCCCCC[NH-].[NH2-].[NH2-]. The van der Waals surface area contributed by atoms with Crippen LogP contribution in [0.25, 0.3) is 23.8 Å². The summed E-state index contributed by atoms with van der Waals surface area (Å²) in [6, 6.07) is 0. The predicted octanol–water partition coefficient (Wildman–Crippen LogP) is 6.84. The third-order valence-corrected chi connectivity index (χ3v) is 1.10. The van der Waals surface area contributed by atoms with Gasteiger partial charge in [-0.3, -0.25) is 0 Å². The largest absolute Gasteiger partial charge is 0.693 e. The van der Waals surface area contributed by atoms with Crippen molar-refractivity contribution in [3.63, 3.8) is 0 Å². The quantitative estimate of drug-likeness (QED) is 0.284.